The minimum atomic E-state index is 0.896. The first-order chi connectivity index (χ1) is 18.3. The molecule has 0 unspecified atom stereocenters. The normalized spacial score (nSPS) is 11.8. The third-order valence-corrected chi connectivity index (χ3v) is 8.46. The second-order valence-electron chi connectivity index (χ2n) is 9.37. The second kappa shape index (κ2) is 7.95. The highest BCUT2D eigenvalue weighted by Gasteiger charge is 2.20. The lowest BCUT2D eigenvalue weighted by Crippen LogP contribution is -2.10. The Morgan fingerprint density at radius 2 is 1.30 bits per heavy atom. The molecule has 0 radical (unpaired) electrons. The molecule has 0 fully saturated rings. The van der Waals surface area contributed by atoms with Crippen LogP contribution >= 0.6 is 11.3 Å². The summed E-state index contributed by atoms with van der Waals surface area (Å²) in [5, 5.41) is 7.45. The predicted octanol–water partition coefficient (Wildman–Crippen LogP) is 10.6. The molecule has 0 aliphatic carbocycles. The number of rotatable bonds is 3. The van der Waals surface area contributed by atoms with Crippen molar-refractivity contribution in [2.75, 3.05) is 4.90 Å². The van der Waals surface area contributed by atoms with Gasteiger partial charge in [0.2, 0.25) is 0 Å². The smallest absolute Gasteiger partial charge is 0.137 e. The van der Waals surface area contributed by atoms with Crippen LogP contribution in [0.2, 0.25) is 0 Å². The fourth-order valence-electron chi connectivity index (χ4n) is 5.58. The van der Waals surface area contributed by atoms with E-state index in [0.717, 1.165) is 39.0 Å². The maximum absolute atomic E-state index is 6.25. The SMILES string of the molecule is c1ccc(N(c2ccc3sc4c5ccccc5ccc4c3c2)c2cccc3oc4ccccc4c23)cc1. The van der Waals surface area contributed by atoms with Crippen LogP contribution in [0.25, 0.3) is 52.9 Å². The summed E-state index contributed by atoms with van der Waals surface area (Å²) in [7, 11) is 0. The summed E-state index contributed by atoms with van der Waals surface area (Å²) in [5.41, 5.74) is 5.16. The van der Waals surface area contributed by atoms with Gasteiger partial charge in [-0.1, -0.05) is 78.9 Å². The molecule has 0 aliphatic rings. The maximum atomic E-state index is 6.25. The summed E-state index contributed by atoms with van der Waals surface area (Å²) in [6.07, 6.45) is 0. The lowest BCUT2D eigenvalue weighted by atomic mass is 10.0. The first-order valence-corrected chi connectivity index (χ1v) is 13.3. The number of fused-ring (bicyclic) bond motifs is 8. The van der Waals surface area contributed by atoms with Gasteiger partial charge in [-0.3, -0.25) is 0 Å². The monoisotopic (exact) mass is 491 g/mol. The molecule has 3 heteroatoms. The molecule has 0 saturated carbocycles. The van der Waals surface area contributed by atoms with E-state index in [1.54, 1.807) is 0 Å². The molecule has 2 heterocycles. The summed E-state index contributed by atoms with van der Waals surface area (Å²) >= 11 is 1.88. The van der Waals surface area contributed by atoms with Crippen molar-refractivity contribution in [3.05, 3.63) is 127 Å². The van der Waals surface area contributed by atoms with Gasteiger partial charge in [-0.15, -0.1) is 11.3 Å². The van der Waals surface area contributed by atoms with E-state index in [4.69, 9.17) is 4.42 Å². The van der Waals surface area contributed by atoms with Crippen molar-refractivity contribution in [3.8, 4) is 0 Å². The molecule has 0 amide bonds. The molecule has 0 bridgehead atoms. The Morgan fingerprint density at radius 3 is 2.22 bits per heavy atom. The van der Waals surface area contributed by atoms with Crippen LogP contribution < -0.4 is 4.90 Å². The van der Waals surface area contributed by atoms with E-state index in [0.29, 0.717) is 0 Å². The molecule has 0 aliphatic heterocycles. The van der Waals surface area contributed by atoms with E-state index in [1.165, 1.54) is 30.9 Å². The van der Waals surface area contributed by atoms with Crippen LogP contribution in [0.3, 0.4) is 0 Å². The van der Waals surface area contributed by atoms with E-state index in [2.05, 4.69) is 120 Å². The minimum Gasteiger partial charge on any atom is -0.456 e. The zero-order valence-corrected chi connectivity index (χ0v) is 20.7. The summed E-state index contributed by atoms with van der Waals surface area (Å²) in [6.45, 7) is 0. The number of benzene rings is 6. The van der Waals surface area contributed by atoms with Crippen molar-refractivity contribution in [2.45, 2.75) is 0 Å². The van der Waals surface area contributed by atoms with Gasteiger partial charge in [-0.05, 0) is 59.3 Å². The number of hydrogen-bond donors (Lipinski definition) is 0. The van der Waals surface area contributed by atoms with Crippen LogP contribution in [0, 0.1) is 0 Å². The van der Waals surface area contributed by atoms with E-state index < -0.39 is 0 Å². The Balaban J connectivity index is 1.43. The number of anilines is 3. The second-order valence-corrected chi connectivity index (χ2v) is 10.4. The van der Waals surface area contributed by atoms with Gasteiger partial charge in [0.05, 0.1) is 11.1 Å². The molecule has 0 spiro atoms. The van der Waals surface area contributed by atoms with Gasteiger partial charge >= 0.3 is 0 Å². The Kier molecular flexibility index (Phi) is 4.42. The Labute approximate surface area is 217 Å². The molecule has 2 nitrogen and oxygen atoms in total. The fourth-order valence-corrected chi connectivity index (χ4v) is 6.80. The highest BCUT2D eigenvalue weighted by molar-refractivity contribution is 7.26. The highest BCUT2D eigenvalue weighted by atomic mass is 32.1. The van der Waals surface area contributed by atoms with Crippen LogP contribution in [-0.4, -0.2) is 0 Å². The van der Waals surface area contributed by atoms with Crippen LogP contribution in [0.4, 0.5) is 17.1 Å². The van der Waals surface area contributed by atoms with Gasteiger partial charge in [0, 0.05) is 36.9 Å². The molecule has 0 atom stereocenters. The van der Waals surface area contributed by atoms with Gasteiger partial charge in [0.1, 0.15) is 11.2 Å². The van der Waals surface area contributed by atoms with Gasteiger partial charge < -0.3 is 9.32 Å². The molecule has 6 aromatic carbocycles. The van der Waals surface area contributed by atoms with Crippen LogP contribution in [0.5, 0.6) is 0 Å². The van der Waals surface area contributed by atoms with Crippen molar-refractivity contribution < 1.29 is 4.42 Å². The van der Waals surface area contributed by atoms with Crippen molar-refractivity contribution in [1.82, 2.24) is 0 Å². The summed E-state index contributed by atoms with van der Waals surface area (Å²) in [6, 6.07) is 45.3. The Hall–Kier alpha value is -4.60. The summed E-state index contributed by atoms with van der Waals surface area (Å²) in [4.78, 5) is 2.36. The maximum Gasteiger partial charge on any atom is 0.137 e. The van der Waals surface area contributed by atoms with Crippen molar-refractivity contribution in [3.63, 3.8) is 0 Å². The topological polar surface area (TPSA) is 16.4 Å². The van der Waals surface area contributed by atoms with Crippen molar-refractivity contribution in [1.29, 1.82) is 0 Å². The van der Waals surface area contributed by atoms with E-state index in [-0.39, 0.29) is 0 Å². The fraction of sp³-hybridized carbons (Fsp3) is 0. The number of thiophene rings is 1. The van der Waals surface area contributed by atoms with Crippen LogP contribution in [-0.2, 0) is 0 Å². The lowest BCUT2D eigenvalue weighted by molar-refractivity contribution is 0.669. The number of furan rings is 1. The van der Waals surface area contributed by atoms with Gasteiger partial charge in [-0.25, -0.2) is 0 Å². The molecule has 2 aromatic heterocycles. The van der Waals surface area contributed by atoms with Gasteiger partial charge in [0.25, 0.3) is 0 Å². The number of hydrogen-bond acceptors (Lipinski definition) is 3. The Morgan fingerprint density at radius 1 is 0.514 bits per heavy atom. The van der Waals surface area contributed by atoms with Gasteiger partial charge in [0.15, 0.2) is 0 Å². The number of nitrogens with zero attached hydrogens (tertiary/aromatic N) is 1. The van der Waals surface area contributed by atoms with E-state index in [1.807, 2.05) is 23.5 Å². The average Bonchev–Trinajstić information content (AvgIpc) is 3.53. The van der Waals surface area contributed by atoms with Crippen LogP contribution in [0.1, 0.15) is 0 Å². The van der Waals surface area contributed by atoms with Crippen molar-refractivity contribution >= 4 is 81.3 Å². The molecule has 0 N–H and O–H groups in total. The highest BCUT2D eigenvalue weighted by Crippen LogP contribution is 2.45. The lowest BCUT2D eigenvalue weighted by Gasteiger charge is -2.26. The molecule has 8 aromatic rings. The van der Waals surface area contributed by atoms with Gasteiger partial charge in [-0.2, -0.15) is 0 Å². The first kappa shape index (κ1) is 20.6. The van der Waals surface area contributed by atoms with E-state index >= 15 is 0 Å². The zero-order valence-electron chi connectivity index (χ0n) is 19.9. The number of para-hydroxylation sites is 2. The predicted molar refractivity (Wildman–Crippen MR) is 159 cm³/mol. The summed E-state index contributed by atoms with van der Waals surface area (Å²) < 4.78 is 8.89. The average molecular weight is 492 g/mol. The zero-order chi connectivity index (χ0) is 24.3. The molecule has 174 valence electrons. The third-order valence-electron chi connectivity index (χ3n) is 7.24. The minimum absolute atomic E-state index is 0.896. The van der Waals surface area contributed by atoms with Crippen LogP contribution in [0.15, 0.2) is 132 Å². The third kappa shape index (κ3) is 3.11. The van der Waals surface area contributed by atoms with E-state index in [9.17, 15) is 0 Å². The standard InChI is InChI=1S/C34H21NOS/c1-2-10-23(11-3-1)35(29-14-8-16-31-33(29)27-13-6-7-15-30(27)36-31)24-18-20-32-28(21-24)26-19-17-22-9-4-5-12-25(22)34(26)37-32/h1-21H. The quantitative estimate of drug-likeness (QED) is 0.244. The molecule has 8 rings (SSSR count). The first-order valence-electron chi connectivity index (χ1n) is 12.4. The summed E-state index contributed by atoms with van der Waals surface area (Å²) in [5.74, 6) is 0. The molecule has 0 saturated heterocycles. The van der Waals surface area contributed by atoms with Crippen molar-refractivity contribution in [2.24, 2.45) is 0 Å². The Bertz CT molecular complexity index is 2100. The molecular formula is C34H21NOS. The molecular weight excluding hydrogens is 470 g/mol. The molecule has 37 heavy (non-hydrogen) atoms. The largest absolute Gasteiger partial charge is 0.456 e.